The first-order chi connectivity index (χ1) is 17.5. The highest BCUT2D eigenvalue weighted by Crippen LogP contribution is 2.44. The standard InChI is InChI=1S/C25H22N6O5/c1-35-19-4-2-3-14-17(32)12-16(27-21(14)19)23(34)20-22(33)15-11-13(24-28-30-31-29-24)5-6-18(15)36-25(20)7-9-26-10-8-25/h2-6,11-12,20,26H,7-10H2,1H3,(H,27,32)(H,28,29,30,31)/t20-/m1/s1. The molecule has 182 valence electrons. The molecule has 4 heterocycles. The van der Waals surface area contributed by atoms with E-state index in [0.29, 0.717) is 59.7 Å². The highest BCUT2D eigenvalue weighted by Gasteiger charge is 2.54. The van der Waals surface area contributed by atoms with Gasteiger partial charge in [0.1, 0.15) is 23.0 Å². The van der Waals surface area contributed by atoms with Crippen molar-refractivity contribution < 1.29 is 19.1 Å². The maximum absolute atomic E-state index is 14.0. The summed E-state index contributed by atoms with van der Waals surface area (Å²) in [6.45, 7) is 1.19. The van der Waals surface area contributed by atoms with Gasteiger partial charge in [0, 0.05) is 29.9 Å². The number of methoxy groups -OCH3 is 1. The molecule has 6 rings (SSSR count). The van der Waals surface area contributed by atoms with E-state index in [0.717, 1.165) is 0 Å². The molecular weight excluding hydrogens is 464 g/mol. The minimum Gasteiger partial charge on any atom is -0.495 e. The lowest BCUT2D eigenvalue weighted by atomic mass is 9.71. The summed E-state index contributed by atoms with van der Waals surface area (Å²) in [6, 6.07) is 11.4. The molecule has 0 aliphatic carbocycles. The van der Waals surface area contributed by atoms with Crippen molar-refractivity contribution in [1.82, 2.24) is 30.9 Å². The molecule has 36 heavy (non-hydrogen) atoms. The number of piperidine rings is 1. The van der Waals surface area contributed by atoms with Crippen LogP contribution in [-0.4, -0.2) is 63.0 Å². The molecule has 4 aromatic rings. The molecule has 1 spiro atoms. The number of Topliss-reactive ketones (excluding diaryl/α,β-unsaturated/α-hetero) is 2. The van der Waals surface area contributed by atoms with Crippen molar-refractivity contribution >= 4 is 22.5 Å². The van der Waals surface area contributed by atoms with Crippen LogP contribution in [0, 0.1) is 5.92 Å². The molecule has 1 fully saturated rings. The lowest BCUT2D eigenvalue weighted by Crippen LogP contribution is -2.58. The van der Waals surface area contributed by atoms with Gasteiger partial charge >= 0.3 is 0 Å². The quantitative estimate of drug-likeness (QED) is 0.290. The van der Waals surface area contributed by atoms with Crippen LogP contribution in [0.5, 0.6) is 11.5 Å². The minimum atomic E-state index is -1.14. The zero-order chi connectivity index (χ0) is 24.9. The van der Waals surface area contributed by atoms with Crippen LogP contribution in [0.1, 0.15) is 33.7 Å². The second-order valence-electron chi connectivity index (χ2n) is 8.95. The first kappa shape index (κ1) is 22.1. The fourth-order valence-corrected chi connectivity index (χ4v) is 5.21. The molecule has 11 nitrogen and oxygen atoms in total. The molecule has 2 aliphatic rings. The number of ketones is 2. The van der Waals surface area contributed by atoms with Crippen molar-refractivity contribution in [1.29, 1.82) is 0 Å². The van der Waals surface area contributed by atoms with E-state index in [2.05, 4.69) is 30.9 Å². The average molecular weight is 486 g/mol. The number of carbonyl (C=O) groups is 2. The molecule has 0 amide bonds. The fraction of sp³-hybridized carbons (Fsp3) is 0.280. The molecule has 1 atom stereocenters. The third-order valence-corrected chi connectivity index (χ3v) is 6.97. The topological polar surface area (TPSA) is 152 Å². The number of benzene rings is 2. The Labute approximate surface area is 204 Å². The molecule has 2 aromatic carbocycles. The Bertz CT molecular complexity index is 1560. The zero-order valence-corrected chi connectivity index (χ0v) is 19.3. The Morgan fingerprint density at radius 2 is 1.97 bits per heavy atom. The summed E-state index contributed by atoms with van der Waals surface area (Å²) >= 11 is 0. The van der Waals surface area contributed by atoms with Gasteiger partial charge in [0.05, 0.1) is 23.9 Å². The Morgan fingerprint density at radius 1 is 1.14 bits per heavy atom. The second-order valence-corrected chi connectivity index (χ2v) is 8.95. The summed E-state index contributed by atoms with van der Waals surface area (Å²) in [5, 5.41) is 17.6. The first-order valence-electron chi connectivity index (χ1n) is 11.6. The van der Waals surface area contributed by atoms with Gasteiger partial charge in [0.2, 0.25) is 5.82 Å². The number of rotatable bonds is 4. The van der Waals surface area contributed by atoms with E-state index in [9.17, 15) is 14.4 Å². The molecule has 2 aliphatic heterocycles. The van der Waals surface area contributed by atoms with Crippen molar-refractivity contribution in [2.45, 2.75) is 18.4 Å². The number of aromatic amines is 2. The van der Waals surface area contributed by atoms with Crippen molar-refractivity contribution in [3.05, 3.63) is 63.9 Å². The van der Waals surface area contributed by atoms with Crippen molar-refractivity contribution in [3.8, 4) is 22.9 Å². The number of aromatic nitrogens is 5. The van der Waals surface area contributed by atoms with E-state index in [-0.39, 0.29) is 22.5 Å². The van der Waals surface area contributed by atoms with Crippen molar-refractivity contribution in [3.63, 3.8) is 0 Å². The molecule has 2 aromatic heterocycles. The van der Waals surface area contributed by atoms with Crippen LogP contribution in [-0.2, 0) is 0 Å². The number of fused-ring (bicyclic) bond motifs is 2. The van der Waals surface area contributed by atoms with Crippen LogP contribution >= 0.6 is 0 Å². The predicted molar refractivity (Wildman–Crippen MR) is 128 cm³/mol. The van der Waals surface area contributed by atoms with Crippen LogP contribution in [0.2, 0.25) is 0 Å². The number of H-pyrrole nitrogens is 2. The monoisotopic (exact) mass is 486 g/mol. The number of hydrogen-bond donors (Lipinski definition) is 3. The van der Waals surface area contributed by atoms with E-state index in [1.165, 1.54) is 13.2 Å². The molecule has 0 unspecified atom stereocenters. The third-order valence-electron chi connectivity index (χ3n) is 6.97. The Morgan fingerprint density at radius 3 is 2.72 bits per heavy atom. The van der Waals surface area contributed by atoms with Crippen molar-refractivity contribution in [2.75, 3.05) is 20.2 Å². The van der Waals surface area contributed by atoms with Gasteiger partial charge in [0.25, 0.3) is 0 Å². The third kappa shape index (κ3) is 3.39. The number of hydrogen-bond acceptors (Lipinski definition) is 9. The smallest absolute Gasteiger partial charge is 0.204 e. The van der Waals surface area contributed by atoms with Gasteiger partial charge in [-0.05, 0) is 48.6 Å². The van der Waals surface area contributed by atoms with Gasteiger partial charge < -0.3 is 19.8 Å². The summed E-state index contributed by atoms with van der Waals surface area (Å²) in [7, 11) is 1.49. The van der Waals surface area contributed by atoms with Crippen LogP contribution < -0.4 is 20.2 Å². The Hall–Kier alpha value is -4.38. The number of nitrogens with zero attached hydrogens (tertiary/aromatic N) is 3. The van der Waals surface area contributed by atoms with Crippen LogP contribution in [0.4, 0.5) is 0 Å². The van der Waals surface area contributed by atoms with Crippen LogP contribution in [0.25, 0.3) is 22.3 Å². The molecule has 0 radical (unpaired) electrons. The number of carbonyl (C=O) groups excluding carboxylic acids is 2. The van der Waals surface area contributed by atoms with Crippen LogP contribution in [0.3, 0.4) is 0 Å². The summed E-state index contributed by atoms with van der Waals surface area (Å²) in [5.74, 6) is -0.849. The number of ether oxygens (including phenoxy) is 2. The maximum atomic E-state index is 14.0. The second kappa shape index (κ2) is 8.38. The van der Waals surface area contributed by atoms with Gasteiger partial charge in [-0.25, -0.2) is 0 Å². The van der Waals surface area contributed by atoms with E-state index in [4.69, 9.17) is 9.47 Å². The highest BCUT2D eigenvalue weighted by atomic mass is 16.5. The average Bonchev–Trinajstić information content (AvgIpc) is 3.44. The zero-order valence-electron chi connectivity index (χ0n) is 19.3. The number of nitrogens with one attached hydrogen (secondary N) is 3. The largest absolute Gasteiger partial charge is 0.495 e. The highest BCUT2D eigenvalue weighted by molar-refractivity contribution is 6.18. The molecule has 11 heteroatoms. The van der Waals surface area contributed by atoms with Gasteiger partial charge in [-0.2, -0.15) is 5.21 Å². The molecule has 1 saturated heterocycles. The molecule has 0 bridgehead atoms. The number of pyridine rings is 1. The summed E-state index contributed by atoms with van der Waals surface area (Å²) in [6.07, 6.45) is 0.921. The Balaban J connectivity index is 1.49. The normalized spacial score (nSPS) is 18.6. The van der Waals surface area contributed by atoms with Crippen molar-refractivity contribution in [2.24, 2.45) is 5.92 Å². The summed E-state index contributed by atoms with van der Waals surface area (Å²) in [5.41, 5.74) is -0.105. The van der Waals surface area contributed by atoms with E-state index < -0.39 is 17.3 Å². The van der Waals surface area contributed by atoms with E-state index in [1.54, 1.807) is 36.4 Å². The lowest BCUT2D eigenvalue weighted by Gasteiger charge is -2.45. The van der Waals surface area contributed by atoms with Crippen LogP contribution in [0.15, 0.2) is 47.3 Å². The molecule has 3 N–H and O–H groups in total. The minimum absolute atomic E-state index is 0.0367. The van der Waals surface area contributed by atoms with E-state index in [1.807, 2.05) is 0 Å². The number of tetrazole rings is 1. The maximum Gasteiger partial charge on any atom is 0.204 e. The molecular formula is C25H22N6O5. The predicted octanol–water partition coefficient (Wildman–Crippen LogP) is 1.91. The summed E-state index contributed by atoms with van der Waals surface area (Å²) in [4.78, 5) is 44.0. The van der Waals surface area contributed by atoms with Gasteiger partial charge in [0.15, 0.2) is 17.0 Å². The molecule has 0 saturated carbocycles. The van der Waals surface area contributed by atoms with E-state index >= 15 is 0 Å². The van der Waals surface area contributed by atoms with Gasteiger partial charge in [-0.3, -0.25) is 14.4 Å². The lowest BCUT2D eigenvalue weighted by molar-refractivity contribution is -0.0139. The Kier molecular flexibility index (Phi) is 5.15. The summed E-state index contributed by atoms with van der Waals surface area (Å²) < 4.78 is 11.8. The first-order valence-corrected chi connectivity index (χ1v) is 11.6. The fourth-order valence-electron chi connectivity index (χ4n) is 5.21. The van der Waals surface area contributed by atoms with Gasteiger partial charge in [-0.1, -0.05) is 6.07 Å². The number of para-hydroxylation sites is 1. The SMILES string of the molecule is COc1cccc2c(=O)cc(C(=O)[C@H]3C(=O)c4cc(-c5nn[nH]n5)ccc4OC34CCNCC4)[nH]c12. The van der Waals surface area contributed by atoms with Gasteiger partial charge in [-0.15, -0.1) is 10.2 Å².